The predicted molar refractivity (Wildman–Crippen MR) is 69.4 cm³/mol. The highest BCUT2D eigenvalue weighted by Crippen LogP contribution is 2.14. The van der Waals surface area contributed by atoms with Gasteiger partial charge in [0.25, 0.3) is 0 Å². The molecule has 0 unspecified atom stereocenters. The molecular weight excluding hydrogens is 319 g/mol. The quantitative estimate of drug-likeness (QED) is 0.367. The van der Waals surface area contributed by atoms with Gasteiger partial charge < -0.3 is 4.74 Å². The third-order valence-corrected chi connectivity index (χ3v) is 2.99. The number of aryl methyl sites for hydroxylation is 1. The average Bonchev–Trinajstić information content (AvgIpc) is 2.17. The van der Waals surface area contributed by atoms with Gasteiger partial charge in [-0.1, -0.05) is 6.04 Å². The van der Waals surface area contributed by atoms with Crippen molar-refractivity contribution in [2.24, 2.45) is 0 Å². The monoisotopic (exact) mass is 331 g/mol. The van der Waals surface area contributed by atoms with E-state index in [4.69, 9.17) is 4.74 Å². The number of esters is 1. The first-order chi connectivity index (χ1) is 7.15. The Balaban J connectivity index is 2.65. The molecule has 0 saturated carbocycles. The summed E-state index contributed by atoms with van der Waals surface area (Å²) in [5.41, 5.74) is 1.62. The lowest BCUT2D eigenvalue weighted by Gasteiger charge is -2.06. The lowest BCUT2D eigenvalue weighted by atomic mass is 10.1. The van der Waals surface area contributed by atoms with Crippen LogP contribution in [0.3, 0.4) is 0 Å². The van der Waals surface area contributed by atoms with E-state index in [0.717, 1.165) is 21.6 Å². The van der Waals surface area contributed by atoms with Crippen LogP contribution >= 0.6 is 22.6 Å². The number of halogens is 1. The topological polar surface area (TPSA) is 26.3 Å². The molecule has 79 valence electrons. The van der Waals surface area contributed by atoms with Crippen molar-refractivity contribution in [2.75, 3.05) is 6.61 Å². The van der Waals surface area contributed by atoms with E-state index < -0.39 is 0 Å². The fourth-order valence-electron chi connectivity index (χ4n) is 1.17. The molecule has 1 rings (SSSR count). The van der Waals surface area contributed by atoms with E-state index in [0.29, 0.717) is 12.2 Å². The van der Waals surface area contributed by atoms with Gasteiger partial charge in [0.05, 0.1) is 12.2 Å². The van der Waals surface area contributed by atoms with Gasteiger partial charge >= 0.3 is 5.97 Å². The summed E-state index contributed by atoms with van der Waals surface area (Å²) in [6.07, 6.45) is 0.839. The SMILES string of the molecule is Cc1cc(I)ccc1C(=O)OCCC[Si]. The highest BCUT2D eigenvalue weighted by Gasteiger charge is 2.09. The van der Waals surface area contributed by atoms with Gasteiger partial charge in [-0.3, -0.25) is 0 Å². The van der Waals surface area contributed by atoms with E-state index in [2.05, 4.69) is 32.8 Å². The molecule has 15 heavy (non-hydrogen) atoms. The van der Waals surface area contributed by atoms with Crippen molar-refractivity contribution in [3.05, 3.63) is 32.9 Å². The van der Waals surface area contributed by atoms with E-state index in [1.165, 1.54) is 0 Å². The maximum Gasteiger partial charge on any atom is 0.338 e. The molecule has 0 aliphatic carbocycles. The van der Waals surface area contributed by atoms with Gasteiger partial charge in [0.2, 0.25) is 0 Å². The van der Waals surface area contributed by atoms with Gasteiger partial charge in [-0.15, -0.1) is 0 Å². The Labute approximate surface area is 107 Å². The number of rotatable bonds is 4. The largest absolute Gasteiger partial charge is 0.462 e. The standard InChI is InChI=1S/C11H12IO2Si/c1-8-7-9(12)3-4-10(8)11(13)14-5-2-6-15/h3-4,7H,2,5-6H2,1H3. The predicted octanol–water partition coefficient (Wildman–Crippen LogP) is 2.73. The number of ether oxygens (including phenoxy) is 1. The Morgan fingerprint density at radius 1 is 1.53 bits per heavy atom. The first kappa shape index (κ1) is 12.7. The van der Waals surface area contributed by atoms with Crippen molar-refractivity contribution >= 4 is 38.8 Å². The van der Waals surface area contributed by atoms with Crippen LogP contribution in [0.25, 0.3) is 0 Å². The van der Waals surface area contributed by atoms with Crippen LogP contribution < -0.4 is 0 Å². The summed E-state index contributed by atoms with van der Waals surface area (Å²) in [6, 6.07) is 6.54. The fourth-order valence-corrected chi connectivity index (χ4v) is 1.96. The molecule has 4 heteroatoms. The molecule has 0 saturated heterocycles. The highest BCUT2D eigenvalue weighted by atomic mass is 127. The van der Waals surface area contributed by atoms with Gasteiger partial charge in [-0.25, -0.2) is 4.79 Å². The Bertz CT molecular complexity index is 352. The van der Waals surface area contributed by atoms with Crippen molar-refractivity contribution < 1.29 is 9.53 Å². The van der Waals surface area contributed by atoms with Crippen molar-refractivity contribution in [3.63, 3.8) is 0 Å². The molecule has 0 aliphatic rings. The van der Waals surface area contributed by atoms with Crippen LogP contribution in [-0.2, 0) is 4.74 Å². The van der Waals surface area contributed by atoms with E-state index in [-0.39, 0.29) is 5.97 Å². The molecule has 0 heterocycles. The van der Waals surface area contributed by atoms with Gasteiger partial charge in [0, 0.05) is 13.8 Å². The van der Waals surface area contributed by atoms with E-state index in [1.54, 1.807) is 0 Å². The van der Waals surface area contributed by atoms with E-state index in [1.807, 2.05) is 25.1 Å². The summed E-state index contributed by atoms with van der Waals surface area (Å²) >= 11 is 2.22. The van der Waals surface area contributed by atoms with Crippen LogP contribution in [0, 0.1) is 10.5 Å². The Kier molecular flexibility index (Phi) is 5.31. The van der Waals surface area contributed by atoms with E-state index >= 15 is 0 Å². The maximum absolute atomic E-state index is 11.6. The number of hydrogen-bond donors (Lipinski definition) is 0. The second-order valence-corrected chi connectivity index (χ2v) is 4.94. The summed E-state index contributed by atoms with van der Waals surface area (Å²) < 4.78 is 6.24. The molecule has 0 aromatic heterocycles. The van der Waals surface area contributed by atoms with Gasteiger partial charge in [-0.2, -0.15) is 0 Å². The number of benzene rings is 1. The minimum atomic E-state index is -0.232. The molecule has 0 bridgehead atoms. The highest BCUT2D eigenvalue weighted by molar-refractivity contribution is 14.1. The van der Waals surface area contributed by atoms with Crippen LogP contribution in [0.15, 0.2) is 18.2 Å². The van der Waals surface area contributed by atoms with E-state index in [9.17, 15) is 4.79 Å². The van der Waals surface area contributed by atoms with Crippen molar-refractivity contribution in [3.8, 4) is 0 Å². The first-order valence-electron chi connectivity index (χ1n) is 4.73. The summed E-state index contributed by atoms with van der Waals surface area (Å²) in [7, 11) is 3.33. The zero-order valence-electron chi connectivity index (χ0n) is 8.55. The van der Waals surface area contributed by atoms with Crippen LogP contribution in [0.2, 0.25) is 6.04 Å². The average molecular weight is 331 g/mol. The van der Waals surface area contributed by atoms with Gasteiger partial charge in [0.15, 0.2) is 0 Å². The zero-order chi connectivity index (χ0) is 11.3. The normalized spacial score (nSPS) is 10.1. The molecule has 1 aromatic rings. The molecule has 0 N–H and O–H groups in total. The maximum atomic E-state index is 11.6. The molecular formula is C11H12IO2Si. The molecule has 2 nitrogen and oxygen atoms in total. The molecule has 0 atom stereocenters. The molecule has 0 aliphatic heterocycles. The fraction of sp³-hybridized carbons (Fsp3) is 0.364. The number of carbonyl (C=O) groups is 1. The Hall–Kier alpha value is -0.363. The number of carbonyl (C=O) groups excluding carboxylic acids is 1. The summed E-state index contributed by atoms with van der Waals surface area (Å²) in [6.45, 7) is 2.39. The van der Waals surface area contributed by atoms with Gasteiger partial charge in [0.1, 0.15) is 0 Å². The lowest BCUT2D eigenvalue weighted by Crippen LogP contribution is -2.08. The second kappa shape index (κ2) is 6.27. The summed E-state index contributed by atoms with van der Waals surface area (Å²) in [5.74, 6) is -0.232. The first-order valence-corrected chi connectivity index (χ1v) is 6.51. The molecule has 0 spiro atoms. The second-order valence-electron chi connectivity index (χ2n) is 3.20. The molecule has 1 aromatic carbocycles. The van der Waals surface area contributed by atoms with Crippen LogP contribution in [-0.4, -0.2) is 22.8 Å². The molecule has 3 radical (unpaired) electrons. The number of hydrogen-bond acceptors (Lipinski definition) is 2. The summed E-state index contributed by atoms with van der Waals surface area (Å²) in [4.78, 5) is 11.6. The van der Waals surface area contributed by atoms with Gasteiger partial charge in [-0.05, 0) is 59.7 Å². The third-order valence-electron chi connectivity index (χ3n) is 1.96. The lowest BCUT2D eigenvalue weighted by molar-refractivity contribution is 0.0504. The third kappa shape index (κ3) is 3.94. The smallest absolute Gasteiger partial charge is 0.338 e. The Morgan fingerprint density at radius 3 is 2.87 bits per heavy atom. The Morgan fingerprint density at radius 2 is 2.27 bits per heavy atom. The molecule has 0 fully saturated rings. The van der Waals surface area contributed by atoms with Crippen molar-refractivity contribution in [1.82, 2.24) is 0 Å². The summed E-state index contributed by atoms with van der Waals surface area (Å²) in [5, 5.41) is 0. The van der Waals surface area contributed by atoms with Crippen LogP contribution in [0.1, 0.15) is 22.3 Å². The zero-order valence-corrected chi connectivity index (χ0v) is 11.7. The van der Waals surface area contributed by atoms with Crippen molar-refractivity contribution in [2.45, 2.75) is 19.4 Å². The minimum Gasteiger partial charge on any atom is -0.462 e. The van der Waals surface area contributed by atoms with Crippen molar-refractivity contribution in [1.29, 1.82) is 0 Å². The van der Waals surface area contributed by atoms with Crippen LogP contribution in [0.4, 0.5) is 0 Å². The minimum absolute atomic E-state index is 0.232. The molecule has 0 amide bonds. The van der Waals surface area contributed by atoms with Crippen LogP contribution in [0.5, 0.6) is 0 Å².